The van der Waals surface area contributed by atoms with Crippen molar-refractivity contribution in [1.29, 1.82) is 0 Å². The van der Waals surface area contributed by atoms with Crippen molar-refractivity contribution in [1.82, 2.24) is 4.98 Å². The second-order valence-electron chi connectivity index (χ2n) is 16.9. The van der Waals surface area contributed by atoms with Crippen LogP contribution in [0.15, 0.2) is 30.4 Å². The number of aromatic amines is 1. The Hall–Kier alpha value is -2.00. The number of epoxide rings is 1. The van der Waals surface area contributed by atoms with Gasteiger partial charge >= 0.3 is 0 Å². The second-order valence-corrected chi connectivity index (χ2v) is 16.9. The van der Waals surface area contributed by atoms with Crippen LogP contribution in [0.1, 0.15) is 103 Å². The lowest BCUT2D eigenvalue weighted by Gasteiger charge is -2.66. The lowest BCUT2D eigenvalue weighted by atomic mass is 9.40. The van der Waals surface area contributed by atoms with E-state index in [4.69, 9.17) is 14.2 Å². The molecule has 7 heteroatoms. The summed E-state index contributed by atoms with van der Waals surface area (Å²) < 4.78 is 19.4. The number of rotatable bonds is 1. The molecule has 11 unspecified atom stereocenters. The van der Waals surface area contributed by atoms with Crippen LogP contribution in [0, 0.1) is 17.3 Å². The van der Waals surface area contributed by atoms with E-state index in [2.05, 4.69) is 71.3 Å². The molecule has 2 saturated carbocycles. The van der Waals surface area contributed by atoms with E-state index in [0.29, 0.717) is 12.3 Å². The Labute approximate surface area is 259 Å². The van der Waals surface area contributed by atoms with Crippen LogP contribution in [0.4, 0.5) is 0 Å². The quantitative estimate of drug-likeness (QED) is 0.258. The van der Waals surface area contributed by atoms with Gasteiger partial charge in [0.25, 0.3) is 0 Å². The van der Waals surface area contributed by atoms with Crippen molar-refractivity contribution >= 4 is 16.5 Å². The fraction of sp³-hybridized carbons (Fsp3) is 0.676. The van der Waals surface area contributed by atoms with E-state index in [-0.39, 0.29) is 17.4 Å². The van der Waals surface area contributed by atoms with Crippen molar-refractivity contribution < 1.29 is 29.5 Å². The molecule has 7 aliphatic rings. The standard InChI is InChI=1S/C37H47NO6/c1-17(2)29-28(40)31-37(43-31)25(42-29)10-11-34(7)35(8)18(9-12-36(34,37)41)13-22-20-14-21-19(15-24(20)38-30(22)35)23-16-32(3,4)44-33(5,6)26(23)27(21)39/h14-16,18,25-29,31,38-41H,1,9-13H2,2-8H3. The number of aliphatic hydroxyl groups excluding tert-OH is 2. The third kappa shape index (κ3) is 2.89. The second kappa shape index (κ2) is 7.92. The van der Waals surface area contributed by atoms with Crippen LogP contribution in [0.5, 0.6) is 0 Å². The molecule has 0 amide bonds. The van der Waals surface area contributed by atoms with E-state index in [1.807, 2.05) is 6.92 Å². The van der Waals surface area contributed by atoms with E-state index >= 15 is 0 Å². The van der Waals surface area contributed by atoms with Gasteiger partial charge in [-0.05, 0) is 119 Å². The van der Waals surface area contributed by atoms with Crippen molar-refractivity contribution in [2.24, 2.45) is 17.3 Å². The largest absolute Gasteiger partial charge is 0.388 e. The lowest BCUT2D eigenvalue weighted by Crippen LogP contribution is -2.76. The number of hydrogen-bond acceptors (Lipinski definition) is 6. The van der Waals surface area contributed by atoms with Gasteiger partial charge in [-0.3, -0.25) is 0 Å². The summed E-state index contributed by atoms with van der Waals surface area (Å²) in [6, 6.07) is 4.49. The van der Waals surface area contributed by atoms with Gasteiger partial charge in [-0.1, -0.05) is 20.4 Å². The SMILES string of the molecule is C=C(C)C1OC2CCC3(C)C4(C)c5[nH]c6cc7c(cc6c5CC4CCC3(O)C23OC3C1O)C(O)C1C7=CC(C)(C)OC1(C)C. The van der Waals surface area contributed by atoms with Gasteiger partial charge in [-0.2, -0.15) is 0 Å². The smallest absolute Gasteiger partial charge is 0.153 e. The molecule has 11 atom stereocenters. The predicted octanol–water partition coefficient (Wildman–Crippen LogP) is 5.40. The van der Waals surface area contributed by atoms with Crippen molar-refractivity contribution in [2.75, 3.05) is 0 Å². The van der Waals surface area contributed by atoms with Crippen LogP contribution in [0.2, 0.25) is 0 Å². The number of aromatic nitrogens is 1. The van der Waals surface area contributed by atoms with Crippen LogP contribution in [-0.4, -0.2) is 67.1 Å². The monoisotopic (exact) mass is 601 g/mol. The summed E-state index contributed by atoms with van der Waals surface area (Å²) in [4.78, 5) is 3.92. The highest BCUT2D eigenvalue weighted by Gasteiger charge is 2.86. The average Bonchev–Trinajstić information content (AvgIpc) is 3.41. The molecule has 0 bridgehead atoms. The molecule has 9 rings (SSSR count). The van der Waals surface area contributed by atoms with Gasteiger partial charge in [-0.15, -0.1) is 0 Å². The minimum absolute atomic E-state index is 0.113. The highest BCUT2D eigenvalue weighted by atomic mass is 16.7. The van der Waals surface area contributed by atoms with Crippen LogP contribution in [0.25, 0.3) is 16.5 Å². The minimum Gasteiger partial charge on any atom is -0.388 e. The molecule has 4 N–H and O–H groups in total. The van der Waals surface area contributed by atoms with Gasteiger partial charge in [0, 0.05) is 33.3 Å². The molecule has 1 aromatic heterocycles. The number of H-pyrrole nitrogens is 1. The number of ether oxygens (including phenoxy) is 3. The van der Waals surface area contributed by atoms with Gasteiger partial charge in [0.1, 0.15) is 23.9 Å². The van der Waals surface area contributed by atoms with Crippen LogP contribution < -0.4 is 0 Å². The molecule has 2 aromatic rings. The first kappa shape index (κ1) is 28.2. The number of nitrogens with one attached hydrogen (secondary N) is 1. The molecule has 4 heterocycles. The Morgan fingerprint density at radius 3 is 2.52 bits per heavy atom. The summed E-state index contributed by atoms with van der Waals surface area (Å²) in [5.41, 5.74) is 3.92. The summed E-state index contributed by atoms with van der Waals surface area (Å²) in [5.74, 6) is 0.260. The number of benzene rings is 1. The summed E-state index contributed by atoms with van der Waals surface area (Å²) in [7, 11) is 0. The van der Waals surface area contributed by atoms with E-state index in [1.54, 1.807) is 0 Å². The maximum Gasteiger partial charge on any atom is 0.153 e. The first-order valence-electron chi connectivity index (χ1n) is 16.7. The Morgan fingerprint density at radius 1 is 1.05 bits per heavy atom. The molecule has 0 radical (unpaired) electrons. The Balaban J connectivity index is 1.17. The van der Waals surface area contributed by atoms with Crippen molar-refractivity contribution in [3.63, 3.8) is 0 Å². The third-order valence-electron chi connectivity index (χ3n) is 14.0. The number of aliphatic hydroxyl groups is 3. The first-order valence-corrected chi connectivity index (χ1v) is 16.7. The van der Waals surface area contributed by atoms with Crippen molar-refractivity contribution in [3.05, 3.63) is 52.7 Å². The van der Waals surface area contributed by atoms with Crippen LogP contribution in [-0.2, 0) is 26.0 Å². The topological polar surface area (TPSA) is 107 Å². The molecular formula is C37H47NO6. The summed E-state index contributed by atoms with van der Waals surface area (Å²) in [5, 5.41) is 37.2. The van der Waals surface area contributed by atoms with E-state index < -0.39 is 52.2 Å². The van der Waals surface area contributed by atoms with Gasteiger partial charge in [0.05, 0.1) is 23.4 Å². The average molecular weight is 602 g/mol. The van der Waals surface area contributed by atoms with Gasteiger partial charge < -0.3 is 34.5 Å². The normalized spacial score (nSPS) is 48.7. The Bertz CT molecular complexity index is 1700. The Kier molecular flexibility index (Phi) is 5.08. The van der Waals surface area contributed by atoms with Crippen LogP contribution >= 0.6 is 0 Å². The molecule has 7 nitrogen and oxygen atoms in total. The van der Waals surface area contributed by atoms with E-state index in [9.17, 15) is 15.3 Å². The Morgan fingerprint density at radius 2 is 1.80 bits per heavy atom. The summed E-state index contributed by atoms with van der Waals surface area (Å²) >= 11 is 0. The third-order valence-corrected chi connectivity index (χ3v) is 14.0. The number of fused-ring (bicyclic) bond motifs is 10. The fourth-order valence-electron chi connectivity index (χ4n) is 12.0. The maximum atomic E-state index is 13.0. The molecule has 1 aromatic carbocycles. The zero-order chi connectivity index (χ0) is 31.1. The van der Waals surface area contributed by atoms with E-state index in [0.717, 1.165) is 47.9 Å². The highest BCUT2D eigenvalue weighted by molar-refractivity contribution is 5.93. The lowest BCUT2D eigenvalue weighted by molar-refractivity contribution is -0.265. The molecule has 44 heavy (non-hydrogen) atoms. The zero-order valence-corrected chi connectivity index (χ0v) is 27.1. The molecule has 3 aliphatic heterocycles. The van der Waals surface area contributed by atoms with Crippen LogP contribution in [0.3, 0.4) is 0 Å². The summed E-state index contributed by atoms with van der Waals surface area (Å²) in [6.07, 6.45) is 3.58. The van der Waals surface area contributed by atoms with E-state index in [1.165, 1.54) is 22.2 Å². The molecular weight excluding hydrogens is 554 g/mol. The minimum atomic E-state index is -1.14. The van der Waals surface area contributed by atoms with Gasteiger partial charge in [0.2, 0.25) is 0 Å². The van der Waals surface area contributed by atoms with Crippen molar-refractivity contribution in [3.8, 4) is 0 Å². The summed E-state index contributed by atoms with van der Waals surface area (Å²) in [6.45, 7) is 19.0. The molecule has 1 spiro atoms. The molecule has 4 aliphatic carbocycles. The number of hydrogen-bond donors (Lipinski definition) is 4. The fourth-order valence-corrected chi connectivity index (χ4v) is 12.0. The zero-order valence-electron chi connectivity index (χ0n) is 27.1. The molecule has 4 fully saturated rings. The maximum absolute atomic E-state index is 13.0. The van der Waals surface area contributed by atoms with Crippen molar-refractivity contribution in [2.45, 2.75) is 139 Å². The van der Waals surface area contributed by atoms with Gasteiger partial charge in [0.15, 0.2) is 5.60 Å². The van der Waals surface area contributed by atoms with Gasteiger partial charge in [-0.25, -0.2) is 0 Å². The highest BCUT2D eigenvalue weighted by Crippen LogP contribution is 2.75. The molecule has 2 saturated heterocycles. The predicted molar refractivity (Wildman–Crippen MR) is 167 cm³/mol. The first-order chi connectivity index (χ1) is 20.5. The molecule has 236 valence electrons.